The first-order valence-electron chi connectivity index (χ1n) is 13.3. The van der Waals surface area contributed by atoms with Crippen molar-refractivity contribution in [2.75, 3.05) is 37.7 Å². The molecule has 2 N–H and O–H groups in total. The number of tetrazole rings is 1. The van der Waals surface area contributed by atoms with Crippen LogP contribution >= 0.6 is 0 Å². The summed E-state index contributed by atoms with van der Waals surface area (Å²) in [4.78, 5) is 21.3. The number of anilines is 1. The lowest BCUT2D eigenvalue weighted by atomic mass is 10.00. The molecule has 2 atom stereocenters. The molecule has 6 rings (SSSR count). The summed E-state index contributed by atoms with van der Waals surface area (Å²) in [6.45, 7) is 8.41. The molecule has 0 radical (unpaired) electrons. The quantitative estimate of drug-likeness (QED) is 0.403. The Bertz CT molecular complexity index is 1480. The van der Waals surface area contributed by atoms with E-state index < -0.39 is 6.04 Å². The van der Waals surface area contributed by atoms with E-state index >= 15 is 0 Å². The Morgan fingerprint density at radius 3 is 2.63 bits per heavy atom. The number of phenolic OH excluding ortho intramolecular Hbond substituents is 1. The van der Waals surface area contributed by atoms with Gasteiger partial charge in [-0.15, -0.1) is 5.10 Å². The van der Waals surface area contributed by atoms with Crippen molar-refractivity contribution in [2.24, 2.45) is 0 Å². The topological polar surface area (TPSA) is 112 Å². The van der Waals surface area contributed by atoms with Crippen molar-refractivity contribution in [3.63, 3.8) is 0 Å². The molecule has 0 spiro atoms. The van der Waals surface area contributed by atoms with Gasteiger partial charge in [-0.1, -0.05) is 11.6 Å². The predicted octanol–water partition coefficient (Wildman–Crippen LogP) is 2.93. The van der Waals surface area contributed by atoms with Gasteiger partial charge in [0.05, 0.1) is 18.2 Å². The molecule has 2 fully saturated rings. The number of phenols is 1. The van der Waals surface area contributed by atoms with E-state index in [1.165, 1.54) is 0 Å². The maximum atomic E-state index is 13.6. The monoisotopic (exact) mass is 515 g/mol. The van der Waals surface area contributed by atoms with E-state index in [0.29, 0.717) is 17.9 Å². The van der Waals surface area contributed by atoms with Gasteiger partial charge in [-0.3, -0.25) is 9.69 Å². The molecule has 0 saturated carbocycles. The molecular formula is C28H33N7O3. The van der Waals surface area contributed by atoms with E-state index in [0.717, 1.165) is 73.3 Å². The summed E-state index contributed by atoms with van der Waals surface area (Å²) in [6, 6.07) is 13.1. The van der Waals surface area contributed by atoms with Crippen LogP contribution in [0.2, 0.25) is 0 Å². The number of aromatic amines is 1. The number of nitrogens with one attached hydrogen (secondary N) is 1. The SMILES string of the molecule is Cc1cc(C)c2[nH]c(=O)c(C(c3nnnn3CC3CCCO3)N3CCN(c4ccc(O)cc4)CC3)cc2c1. The number of aromatic nitrogens is 5. The maximum absolute atomic E-state index is 13.6. The number of H-pyrrole nitrogens is 1. The van der Waals surface area contributed by atoms with Crippen LogP contribution in [0.4, 0.5) is 5.69 Å². The van der Waals surface area contributed by atoms with Gasteiger partial charge in [-0.25, -0.2) is 4.68 Å². The Balaban J connectivity index is 1.38. The number of nitrogens with zero attached hydrogens (tertiary/aromatic N) is 6. The largest absolute Gasteiger partial charge is 0.508 e. The van der Waals surface area contributed by atoms with Crippen LogP contribution in [0.1, 0.15) is 41.4 Å². The third-order valence-corrected chi connectivity index (χ3v) is 7.72. The fourth-order valence-corrected chi connectivity index (χ4v) is 5.83. The Labute approximate surface area is 220 Å². The number of hydrogen-bond acceptors (Lipinski definition) is 8. The number of hydrogen-bond donors (Lipinski definition) is 2. The van der Waals surface area contributed by atoms with Crippen molar-refractivity contribution >= 4 is 16.6 Å². The first-order valence-corrected chi connectivity index (χ1v) is 13.3. The predicted molar refractivity (Wildman–Crippen MR) is 145 cm³/mol. The van der Waals surface area contributed by atoms with Gasteiger partial charge in [0.1, 0.15) is 11.8 Å². The highest BCUT2D eigenvalue weighted by Gasteiger charge is 2.33. The molecule has 0 bridgehead atoms. The number of aromatic hydroxyl groups is 1. The van der Waals surface area contributed by atoms with E-state index in [9.17, 15) is 9.90 Å². The summed E-state index contributed by atoms with van der Waals surface area (Å²) in [6.07, 6.45) is 2.09. The highest BCUT2D eigenvalue weighted by Crippen LogP contribution is 2.30. The fourth-order valence-electron chi connectivity index (χ4n) is 5.83. The summed E-state index contributed by atoms with van der Waals surface area (Å²) in [5.41, 5.74) is 4.64. The number of fused-ring (bicyclic) bond motifs is 1. The van der Waals surface area contributed by atoms with Crippen molar-refractivity contribution in [1.29, 1.82) is 0 Å². The molecule has 4 aromatic rings. The van der Waals surface area contributed by atoms with Crippen LogP contribution in [0.25, 0.3) is 10.9 Å². The second-order valence-electron chi connectivity index (χ2n) is 10.4. The second-order valence-corrected chi connectivity index (χ2v) is 10.4. The van der Waals surface area contributed by atoms with E-state index in [1.807, 2.05) is 29.8 Å². The van der Waals surface area contributed by atoms with Crippen LogP contribution < -0.4 is 10.5 Å². The average molecular weight is 516 g/mol. The van der Waals surface area contributed by atoms with Gasteiger partial charge in [0.2, 0.25) is 0 Å². The van der Waals surface area contributed by atoms with Crippen LogP contribution in [0, 0.1) is 13.8 Å². The molecular weight excluding hydrogens is 482 g/mol. The molecule has 2 aliphatic rings. The minimum absolute atomic E-state index is 0.0735. The van der Waals surface area contributed by atoms with Gasteiger partial charge >= 0.3 is 0 Å². The number of aryl methyl sites for hydroxylation is 2. The fraction of sp³-hybridized carbons (Fsp3) is 0.429. The lowest BCUT2D eigenvalue weighted by Gasteiger charge is -2.39. The molecule has 2 unspecified atom stereocenters. The molecule has 2 aromatic heterocycles. The lowest BCUT2D eigenvalue weighted by Crippen LogP contribution is -2.49. The molecule has 10 heteroatoms. The summed E-state index contributed by atoms with van der Waals surface area (Å²) in [5.74, 6) is 0.916. The zero-order valence-corrected chi connectivity index (χ0v) is 21.8. The van der Waals surface area contributed by atoms with Crippen molar-refractivity contribution in [2.45, 2.75) is 45.4 Å². The average Bonchev–Trinajstić information content (AvgIpc) is 3.59. The summed E-state index contributed by atoms with van der Waals surface area (Å²) < 4.78 is 7.69. The lowest BCUT2D eigenvalue weighted by molar-refractivity contribution is 0.0906. The molecule has 38 heavy (non-hydrogen) atoms. The number of benzene rings is 2. The molecule has 198 valence electrons. The molecule has 2 saturated heterocycles. The summed E-state index contributed by atoms with van der Waals surface area (Å²) in [5, 5.41) is 23.5. The maximum Gasteiger partial charge on any atom is 0.253 e. The minimum Gasteiger partial charge on any atom is -0.508 e. The number of piperazine rings is 1. The number of ether oxygens (including phenoxy) is 1. The van der Waals surface area contributed by atoms with E-state index in [-0.39, 0.29) is 17.4 Å². The zero-order valence-electron chi connectivity index (χ0n) is 21.8. The van der Waals surface area contributed by atoms with E-state index in [2.05, 4.69) is 49.4 Å². The van der Waals surface area contributed by atoms with Gasteiger partial charge in [0.15, 0.2) is 5.82 Å². The third kappa shape index (κ3) is 4.77. The number of pyridine rings is 1. The molecule has 0 aliphatic carbocycles. The van der Waals surface area contributed by atoms with Crippen LogP contribution in [0.3, 0.4) is 0 Å². The van der Waals surface area contributed by atoms with Crippen molar-refractivity contribution in [3.05, 3.63) is 75.3 Å². The molecule has 2 aliphatic heterocycles. The Morgan fingerprint density at radius 1 is 1.11 bits per heavy atom. The van der Waals surface area contributed by atoms with Crippen LogP contribution in [0.15, 0.2) is 47.3 Å². The normalized spacial score (nSPS) is 19.3. The highest BCUT2D eigenvalue weighted by atomic mass is 16.5. The van der Waals surface area contributed by atoms with Gasteiger partial charge < -0.3 is 19.7 Å². The van der Waals surface area contributed by atoms with Crippen LogP contribution in [-0.2, 0) is 11.3 Å². The first-order chi connectivity index (χ1) is 18.5. The van der Waals surface area contributed by atoms with E-state index in [1.54, 1.807) is 12.1 Å². The second kappa shape index (κ2) is 10.2. The Morgan fingerprint density at radius 2 is 1.89 bits per heavy atom. The zero-order chi connectivity index (χ0) is 26.2. The highest BCUT2D eigenvalue weighted by molar-refractivity contribution is 5.83. The molecule has 10 nitrogen and oxygen atoms in total. The van der Waals surface area contributed by atoms with Gasteiger partial charge in [0.25, 0.3) is 5.56 Å². The van der Waals surface area contributed by atoms with Crippen LogP contribution in [0.5, 0.6) is 5.75 Å². The van der Waals surface area contributed by atoms with Gasteiger partial charge in [-0.05, 0) is 84.5 Å². The third-order valence-electron chi connectivity index (χ3n) is 7.72. The minimum atomic E-state index is -0.401. The van der Waals surface area contributed by atoms with Gasteiger partial charge in [-0.2, -0.15) is 0 Å². The summed E-state index contributed by atoms with van der Waals surface area (Å²) in [7, 11) is 0. The standard InChI is InChI=1S/C28H33N7O3/c1-18-14-19(2)25-20(15-18)16-24(28(37)29-25)26(27-30-31-32-35(27)17-23-4-3-13-38-23)34-11-9-33(10-12-34)21-5-7-22(36)8-6-21/h5-8,14-16,23,26,36H,3-4,9-13,17H2,1-2H3,(H,29,37). The van der Waals surface area contributed by atoms with E-state index in [4.69, 9.17) is 4.74 Å². The van der Waals surface area contributed by atoms with Gasteiger partial charge in [0, 0.05) is 44.0 Å². The molecule has 4 heterocycles. The van der Waals surface area contributed by atoms with Crippen molar-refractivity contribution in [1.82, 2.24) is 30.1 Å². The smallest absolute Gasteiger partial charge is 0.253 e. The number of rotatable bonds is 6. The Kier molecular flexibility index (Phi) is 6.59. The van der Waals surface area contributed by atoms with Crippen molar-refractivity contribution < 1.29 is 9.84 Å². The first kappa shape index (κ1) is 24.6. The molecule has 0 amide bonds. The van der Waals surface area contributed by atoms with Crippen LogP contribution in [-0.4, -0.2) is 74.1 Å². The van der Waals surface area contributed by atoms with Crippen molar-refractivity contribution in [3.8, 4) is 5.75 Å². The summed E-state index contributed by atoms with van der Waals surface area (Å²) >= 11 is 0. The Hall–Kier alpha value is -3.76. The molecule has 2 aromatic carbocycles.